The summed E-state index contributed by atoms with van der Waals surface area (Å²) in [7, 11) is 0. The number of nitrogens with zero attached hydrogens (tertiary/aromatic N) is 1. The fourth-order valence-corrected chi connectivity index (χ4v) is 6.98. The highest BCUT2D eigenvalue weighted by Gasteiger charge is 2.43. The molecule has 4 atom stereocenters. The van der Waals surface area contributed by atoms with Crippen molar-refractivity contribution in [2.24, 2.45) is 28.1 Å². The van der Waals surface area contributed by atoms with Gasteiger partial charge in [0.15, 0.2) is 0 Å². The van der Waals surface area contributed by atoms with Crippen molar-refractivity contribution < 1.29 is 0 Å². The number of halogens is 1. The summed E-state index contributed by atoms with van der Waals surface area (Å²) in [6.45, 7) is 26.2. The molecule has 0 N–H and O–H groups in total. The van der Waals surface area contributed by atoms with Crippen molar-refractivity contribution in [2.75, 3.05) is 0 Å². The van der Waals surface area contributed by atoms with E-state index in [1.54, 1.807) is 11.1 Å². The molecular weight excluding hydrogens is 434 g/mol. The molecule has 3 unspecified atom stereocenters. The second kappa shape index (κ2) is 9.84. The molecule has 1 saturated carbocycles. The van der Waals surface area contributed by atoms with Gasteiger partial charge in [-0.15, -0.1) is 11.6 Å². The number of hydrogen-bond acceptors (Lipinski definition) is 1. The average Bonchev–Trinajstić information content (AvgIpc) is 2.68. The monoisotopic (exact) mass is 485 g/mol. The zero-order valence-electron chi connectivity index (χ0n) is 24.1. The van der Waals surface area contributed by atoms with Gasteiger partial charge < -0.3 is 4.90 Å². The van der Waals surface area contributed by atoms with Crippen LogP contribution in [0, 0.1) is 28.1 Å². The van der Waals surface area contributed by atoms with Crippen molar-refractivity contribution in [2.45, 2.75) is 126 Å². The predicted molar refractivity (Wildman–Crippen MR) is 151 cm³/mol. The van der Waals surface area contributed by atoms with Gasteiger partial charge in [-0.3, -0.25) is 0 Å². The van der Waals surface area contributed by atoms with Crippen molar-refractivity contribution in [3.8, 4) is 0 Å². The topological polar surface area (TPSA) is 3.24 Å². The lowest BCUT2D eigenvalue weighted by Gasteiger charge is -2.50. The second-order valence-corrected chi connectivity index (χ2v) is 14.9. The van der Waals surface area contributed by atoms with Crippen LogP contribution < -0.4 is 0 Å². The molecule has 3 rings (SSSR count). The Morgan fingerprint density at radius 3 is 2.12 bits per heavy atom. The van der Waals surface area contributed by atoms with Gasteiger partial charge in [0.2, 0.25) is 0 Å². The molecular formula is C32H52ClN. The molecule has 0 aromatic heterocycles. The Balaban J connectivity index is 2.08. The summed E-state index contributed by atoms with van der Waals surface area (Å²) < 4.78 is 0. The van der Waals surface area contributed by atoms with E-state index in [2.05, 4.69) is 99.3 Å². The number of hydrogen-bond donors (Lipinski definition) is 0. The van der Waals surface area contributed by atoms with E-state index < -0.39 is 0 Å². The van der Waals surface area contributed by atoms with Crippen LogP contribution in [0.2, 0.25) is 0 Å². The van der Waals surface area contributed by atoms with Crippen molar-refractivity contribution in [1.82, 2.24) is 4.90 Å². The van der Waals surface area contributed by atoms with Crippen LogP contribution in [0.1, 0.15) is 115 Å². The van der Waals surface area contributed by atoms with Gasteiger partial charge in [-0.25, -0.2) is 0 Å². The molecule has 0 aliphatic heterocycles. The second-order valence-electron chi connectivity index (χ2n) is 14.3. The molecule has 3 aliphatic rings. The van der Waals surface area contributed by atoms with Crippen LogP contribution >= 0.6 is 11.6 Å². The Morgan fingerprint density at radius 2 is 1.65 bits per heavy atom. The van der Waals surface area contributed by atoms with Crippen LogP contribution in [0.5, 0.6) is 0 Å². The van der Waals surface area contributed by atoms with Crippen LogP contribution in [-0.2, 0) is 0 Å². The standard InChI is InChI=1S/C32H52ClN/c1-21(2)32(11)19-26(33)18-28(20-32)34(27-14-12-24(13-15-27)30(5,6)7)29-22(3)16-25(17-23(29)4)31(8,9)10/h12,14,16,21,25-26,28H,13,15,17-20H2,1-11H3/t25?,26?,28?,32-/m1/s1. The third-order valence-electron chi connectivity index (χ3n) is 9.19. The molecule has 0 amide bonds. The molecule has 2 heteroatoms. The Hall–Kier alpha value is -0.950. The van der Waals surface area contributed by atoms with Gasteiger partial charge >= 0.3 is 0 Å². The van der Waals surface area contributed by atoms with Crippen molar-refractivity contribution in [3.05, 3.63) is 46.3 Å². The summed E-state index contributed by atoms with van der Waals surface area (Å²) in [6, 6.07) is 0.457. The molecule has 3 aliphatic carbocycles. The third-order valence-corrected chi connectivity index (χ3v) is 9.52. The van der Waals surface area contributed by atoms with E-state index in [1.165, 1.54) is 23.4 Å². The summed E-state index contributed by atoms with van der Waals surface area (Å²) in [5, 5.41) is 0.245. The Morgan fingerprint density at radius 1 is 1.00 bits per heavy atom. The van der Waals surface area contributed by atoms with Gasteiger partial charge in [0.1, 0.15) is 0 Å². The van der Waals surface area contributed by atoms with Crippen LogP contribution in [0.25, 0.3) is 0 Å². The lowest BCUT2D eigenvalue weighted by atomic mass is 9.66. The maximum absolute atomic E-state index is 7.01. The first-order chi connectivity index (χ1) is 15.5. The minimum atomic E-state index is 0.241. The van der Waals surface area contributed by atoms with Gasteiger partial charge in [0.05, 0.1) is 0 Å². The highest BCUT2D eigenvalue weighted by Crippen LogP contribution is 2.49. The van der Waals surface area contributed by atoms with E-state index in [4.69, 9.17) is 11.6 Å². The molecule has 192 valence electrons. The highest BCUT2D eigenvalue weighted by atomic mass is 35.5. The summed E-state index contributed by atoms with van der Waals surface area (Å²) in [5.74, 6) is 1.23. The summed E-state index contributed by atoms with van der Waals surface area (Å²) in [6.07, 6.45) is 14.3. The Bertz CT molecular complexity index is 885. The molecule has 0 radical (unpaired) electrons. The van der Waals surface area contributed by atoms with Crippen molar-refractivity contribution in [1.29, 1.82) is 0 Å². The fraction of sp³-hybridized carbons (Fsp3) is 0.750. The number of allylic oxidation sites excluding steroid dienone is 7. The molecule has 1 fully saturated rings. The van der Waals surface area contributed by atoms with E-state index in [1.807, 2.05) is 0 Å². The predicted octanol–water partition coefficient (Wildman–Crippen LogP) is 10.0. The zero-order valence-corrected chi connectivity index (χ0v) is 24.9. The largest absolute Gasteiger partial charge is 0.342 e. The summed E-state index contributed by atoms with van der Waals surface area (Å²) >= 11 is 7.01. The molecule has 0 saturated heterocycles. The van der Waals surface area contributed by atoms with Crippen LogP contribution in [-0.4, -0.2) is 16.3 Å². The molecule has 1 nitrogen and oxygen atoms in total. The molecule has 0 spiro atoms. The molecule has 0 aromatic rings. The highest BCUT2D eigenvalue weighted by molar-refractivity contribution is 6.20. The van der Waals surface area contributed by atoms with Gasteiger partial charge in [-0.1, -0.05) is 80.0 Å². The SMILES string of the molecule is CC1=CC(C(C)(C)C)CC(C)=C1N(C1=CC=C(C(C)(C)C)CC1)C1CC(Cl)C[C@@](C)(C(C)C)C1. The van der Waals surface area contributed by atoms with Crippen molar-refractivity contribution in [3.63, 3.8) is 0 Å². The van der Waals surface area contributed by atoms with Crippen LogP contribution in [0.4, 0.5) is 0 Å². The van der Waals surface area contributed by atoms with Gasteiger partial charge in [-0.05, 0) is 97.7 Å². The normalized spacial score (nSPS) is 31.3. The maximum atomic E-state index is 7.01. The smallest absolute Gasteiger partial charge is 0.0426 e. The molecule has 34 heavy (non-hydrogen) atoms. The van der Waals surface area contributed by atoms with E-state index in [-0.39, 0.29) is 21.6 Å². The lowest BCUT2D eigenvalue weighted by Crippen LogP contribution is -2.47. The maximum Gasteiger partial charge on any atom is 0.0426 e. The average molecular weight is 486 g/mol. The van der Waals surface area contributed by atoms with Gasteiger partial charge in [0, 0.05) is 22.8 Å². The van der Waals surface area contributed by atoms with Crippen LogP contribution in [0.3, 0.4) is 0 Å². The summed E-state index contributed by atoms with van der Waals surface area (Å²) in [4.78, 5) is 2.77. The summed E-state index contributed by atoms with van der Waals surface area (Å²) in [5.41, 5.74) is 8.36. The first-order valence-corrected chi connectivity index (χ1v) is 14.2. The quantitative estimate of drug-likeness (QED) is 0.358. The number of alkyl halides is 1. The van der Waals surface area contributed by atoms with E-state index in [0.717, 1.165) is 32.1 Å². The molecule has 0 aromatic carbocycles. The fourth-order valence-electron chi connectivity index (χ4n) is 6.42. The van der Waals surface area contributed by atoms with E-state index >= 15 is 0 Å². The molecule has 0 bridgehead atoms. The molecule has 0 heterocycles. The van der Waals surface area contributed by atoms with Gasteiger partial charge in [0.25, 0.3) is 0 Å². The van der Waals surface area contributed by atoms with E-state index in [0.29, 0.717) is 17.9 Å². The Labute approximate surface area is 216 Å². The zero-order chi connectivity index (χ0) is 25.6. The first kappa shape index (κ1) is 27.6. The lowest BCUT2D eigenvalue weighted by molar-refractivity contribution is 0.0837. The number of rotatable bonds is 4. The Kier molecular flexibility index (Phi) is 7.99. The van der Waals surface area contributed by atoms with Crippen LogP contribution in [0.15, 0.2) is 46.3 Å². The van der Waals surface area contributed by atoms with Crippen molar-refractivity contribution >= 4 is 11.6 Å². The van der Waals surface area contributed by atoms with E-state index in [9.17, 15) is 0 Å². The minimum absolute atomic E-state index is 0.241. The minimum Gasteiger partial charge on any atom is -0.342 e. The van der Waals surface area contributed by atoms with Gasteiger partial charge in [-0.2, -0.15) is 0 Å². The first-order valence-electron chi connectivity index (χ1n) is 13.7. The third kappa shape index (κ3) is 5.88.